The summed E-state index contributed by atoms with van der Waals surface area (Å²) in [4.78, 5) is 5.02. The molecular formula is C15H18BrN3. The Hall–Kier alpha value is -1.05. The second-order valence-corrected chi connectivity index (χ2v) is 6.23. The van der Waals surface area contributed by atoms with Crippen molar-refractivity contribution in [3.8, 4) is 6.07 Å². The van der Waals surface area contributed by atoms with Gasteiger partial charge in [0, 0.05) is 30.1 Å². The summed E-state index contributed by atoms with van der Waals surface area (Å²) in [6.07, 6.45) is 3.81. The number of hydrogen-bond acceptors (Lipinski definition) is 3. The molecule has 3 rings (SSSR count). The predicted octanol–water partition coefficient (Wildman–Crippen LogP) is 3.00. The topological polar surface area (TPSA) is 30.3 Å². The number of anilines is 1. The van der Waals surface area contributed by atoms with Crippen molar-refractivity contribution in [1.29, 1.82) is 5.26 Å². The highest BCUT2D eigenvalue weighted by molar-refractivity contribution is 9.10. The van der Waals surface area contributed by atoms with Crippen LogP contribution in [-0.2, 0) is 0 Å². The molecule has 1 aromatic rings. The van der Waals surface area contributed by atoms with E-state index in [-0.39, 0.29) is 0 Å². The standard InChI is InChI=1S/C15H18BrN3/c16-14-5-1-6-15(13(14)10-17)19-9-3-8-18-7-2-4-12(18)11-19/h1,5-6,12H,2-4,7-9,11H2. The van der Waals surface area contributed by atoms with E-state index in [1.54, 1.807) is 0 Å². The maximum absolute atomic E-state index is 9.37. The van der Waals surface area contributed by atoms with Gasteiger partial charge in [-0.05, 0) is 53.9 Å². The van der Waals surface area contributed by atoms with Crippen LogP contribution in [0.3, 0.4) is 0 Å². The Kier molecular flexibility index (Phi) is 3.76. The number of rotatable bonds is 1. The van der Waals surface area contributed by atoms with Gasteiger partial charge in [0.25, 0.3) is 0 Å². The lowest BCUT2D eigenvalue weighted by Gasteiger charge is -2.28. The normalized spacial score (nSPS) is 23.8. The maximum Gasteiger partial charge on any atom is 0.103 e. The van der Waals surface area contributed by atoms with E-state index in [2.05, 4.69) is 37.9 Å². The van der Waals surface area contributed by atoms with Crippen molar-refractivity contribution in [3.63, 3.8) is 0 Å². The zero-order valence-electron chi connectivity index (χ0n) is 11.0. The summed E-state index contributed by atoms with van der Waals surface area (Å²) in [5.74, 6) is 0. The molecule has 0 bridgehead atoms. The van der Waals surface area contributed by atoms with E-state index in [0.717, 1.165) is 28.8 Å². The maximum atomic E-state index is 9.37. The van der Waals surface area contributed by atoms with Crippen LogP contribution < -0.4 is 4.90 Å². The lowest BCUT2D eigenvalue weighted by atomic mass is 10.1. The molecule has 100 valence electrons. The predicted molar refractivity (Wildman–Crippen MR) is 80.3 cm³/mol. The van der Waals surface area contributed by atoms with Crippen LogP contribution in [0.5, 0.6) is 0 Å². The summed E-state index contributed by atoms with van der Waals surface area (Å²) in [7, 11) is 0. The third-order valence-electron chi connectivity index (χ3n) is 4.25. The Morgan fingerprint density at radius 3 is 2.89 bits per heavy atom. The third kappa shape index (κ3) is 2.50. The molecule has 0 radical (unpaired) electrons. The highest BCUT2D eigenvalue weighted by atomic mass is 79.9. The van der Waals surface area contributed by atoms with Crippen molar-refractivity contribution >= 4 is 21.6 Å². The van der Waals surface area contributed by atoms with E-state index >= 15 is 0 Å². The zero-order valence-corrected chi connectivity index (χ0v) is 12.6. The van der Waals surface area contributed by atoms with E-state index in [1.165, 1.54) is 32.4 Å². The van der Waals surface area contributed by atoms with Crippen molar-refractivity contribution in [1.82, 2.24) is 4.90 Å². The van der Waals surface area contributed by atoms with Crippen LogP contribution in [0.4, 0.5) is 5.69 Å². The molecule has 2 heterocycles. The van der Waals surface area contributed by atoms with E-state index in [4.69, 9.17) is 0 Å². The molecule has 0 saturated carbocycles. The summed E-state index contributed by atoms with van der Waals surface area (Å²) in [5.41, 5.74) is 1.86. The minimum Gasteiger partial charge on any atom is -0.369 e. The summed E-state index contributed by atoms with van der Waals surface area (Å²) in [6.45, 7) is 4.57. The molecule has 3 nitrogen and oxygen atoms in total. The first-order valence-electron chi connectivity index (χ1n) is 6.97. The third-order valence-corrected chi connectivity index (χ3v) is 4.91. The summed E-state index contributed by atoms with van der Waals surface area (Å²) >= 11 is 3.49. The fraction of sp³-hybridized carbons (Fsp3) is 0.533. The van der Waals surface area contributed by atoms with Crippen molar-refractivity contribution < 1.29 is 0 Å². The van der Waals surface area contributed by atoms with Gasteiger partial charge in [-0.2, -0.15) is 5.26 Å². The van der Waals surface area contributed by atoms with Crippen LogP contribution in [0.1, 0.15) is 24.8 Å². The van der Waals surface area contributed by atoms with Crippen LogP contribution in [0.15, 0.2) is 22.7 Å². The fourth-order valence-electron chi connectivity index (χ4n) is 3.31. The molecule has 1 aromatic carbocycles. The molecule has 0 N–H and O–H groups in total. The zero-order chi connectivity index (χ0) is 13.2. The number of nitrogens with zero attached hydrogens (tertiary/aromatic N) is 3. The van der Waals surface area contributed by atoms with E-state index in [1.807, 2.05) is 12.1 Å². The van der Waals surface area contributed by atoms with Crippen molar-refractivity contribution in [2.45, 2.75) is 25.3 Å². The van der Waals surface area contributed by atoms with Gasteiger partial charge in [-0.1, -0.05) is 6.07 Å². The lowest BCUT2D eigenvalue weighted by Crippen LogP contribution is -2.36. The average molecular weight is 320 g/mol. The largest absolute Gasteiger partial charge is 0.369 e. The van der Waals surface area contributed by atoms with Gasteiger partial charge < -0.3 is 4.90 Å². The molecule has 0 spiro atoms. The van der Waals surface area contributed by atoms with E-state index in [9.17, 15) is 5.26 Å². The highest BCUT2D eigenvalue weighted by Crippen LogP contribution is 2.30. The molecule has 2 fully saturated rings. The van der Waals surface area contributed by atoms with Gasteiger partial charge in [0.2, 0.25) is 0 Å². The fourth-order valence-corrected chi connectivity index (χ4v) is 3.76. The van der Waals surface area contributed by atoms with Crippen LogP contribution in [0, 0.1) is 11.3 Å². The molecule has 2 aliphatic rings. The summed E-state index contributed by atoms with van der Waals surface area (Å²) in [6, 6.07) is 9.06. The number of hydrogen-bond donors (Lipinski definition) is 0. The Balaban J connectivity index is 1.89. The van der Waals surface area contributed by atoms with Crippen molar-refractivity contribution in [3.05, 3.63) is 28.2 Å². The molecule has 2 aliphatic heterocycles. The average Bonchev–Trinajstić information content (AvgIpc) is 2.76. The second-order valence-electron chi connectivity index (χ2n) is 5.38. The van der Waals surface area contributed by atoms with Crippen molar-refractivity contribution in [2.75, 3.05) is 31.1 Å². The summed E-state index contributed by atoms with van der Waals surface area (Å²) in [5, 5.41) is 9.37. The number of fused-ring (bicyclic) bond motifs is 1. The first kappa shape index (κ1) is 13.0. The van der Waals surface area contributed by atoms with E-state index < -0.39 is 0 Å². The van der Waals surface area contributed by atoms with Crippen LogP contribution in [0.2, 0.25) is 0 Å². The molecule has 19 heavy (non-hydrogen) atoms. The highest BCUT2D eigenvalue weighted by Gasteiger charge is 2.29. The van der Waals surface area contributed by atoms with Crippen LogP contribution in [-0.4, -0.2) is 37.1 Å². The molecule has 4 heteroatoms. The number of benzene rings is 1. The Bertz CT molecular complexity index is 509. The Labute approximate surface area is 122 Å². The molecule has 1 atom stereocenters. The molecule has 0 aromatic heterocycles. The number of nitriles is 1. The molecular weight excluding hydrogens is 302 g/mol. The van der Waals surface area contributed by atoms with Crippen LogP contribution >= 0.6 is 15.9 Å². The molecule has 1 unspecified atom stereocenters. The monoisotopic (exact) mass is 319 g/mol. The molecule has 0 aliphatic carbocycles. The van der Waals surface area contributed by atoms with Crippen molar-refractivity contribution in [2.24, 2.45) is 0 Å². The first-order valence-corrected chi connectivity index (χ1v) is 7.76. The second kappa shape index (κ2) is 5.52. The molecule has 0 amide bonds. The van der Waals surface area contributed by atoms with E-state index in [0.29, 0.717) is 6.04 Å². The van der Waals surface area contributed by atoms with Gasteiger partial charge in [-0.3, -0.25) is 4.90 Å². The first-order chi connectivity index (χ1) is 9.29. The van der Waals surface area contributed by atoms with Gasteiger partial charge >= 0.3 is 0 Å². The smallest absolute Gasteiger partial charge is 0.103 e. The minimum atomic E-state index is 0.674. The minimum absolute atomic E-state index is 0.674. The van der Waals surface area contributed by atoms with Gasteiger partial charge in [0.15, 0.2) is 0 Å². The quantitative estimate of drug-likeness (QED) is 0.797. The molecule has 2 saturated heterocycles. The van der Waals surface area contributed by atoms with Gasteiger partial charge in [0.05, 0.1) is 11.3 Å². The summed E-state index contributed by atoms with van der Waals surface area (Å²) < 4.78 is 0.903. The lowest BCUT2D eigenvalue weighted by molar-refractivity contribution is 0.273. The van der Waals surface area contributed by atoms with Crippen LogP contribution in [0.25, 0.3) is 0 Å². The van der Waals surface area contributed by atoms with Gasteiger partial charge in [-0.15, -0.1) is 0 Å². The van der Waals surface area contributed by atoms with Gasteiger partial charge in [0.1, 0.15) is 6.07 Å². The Morgan fingerprint density at radius 1 is 1.21 bits per heavy atom. The van der Waals surface area contributed by atoms with Gasteiger partial charge in [-0.25, -0.2) is 0 Å². The number of halogens is 1. The Morgan fingerprint density at radius 2 is 2.05 bits per heavy atom. The SMILES string of the molecule is N#Cc1c(Br)cccc1N1CCCN2CCCC2C1.